The number of ether oxygens (including phenoxy) is 2. The second kappa shape index (κ2) is 42.8. The minimum Gasteiger partial charge on any atom is -0.394 e. The quantitative estimate of drug-likeness (QED) is 0.0220. The van der Waals surface area contributed by atoms with E-state index >= 15 is 0 Å². The molecule has 16 atom stereocenters. The molecule has 2 rings (SSSR count). The summed E-state index contributed by atoms with van der Waals surface area (Å²) in [5.41, 5.74) is 0. The SMILES string of the molecule is CCCCCCCCCCCCCCCCCCCCCC[C@@H](O)C(=O)N[C@@H](COP(=O)(O)O[C@H]1[C@H](O)[C@@H](O)[C@H](O)[C@@H](O)[C@H]1O[C@H]1O[C@H](CO)[C@@H](O)[C@H](O)[C@@H]1O)[C@H](O)[C@H](O)CCCCCCCCCCCCCCCC. The topological polar surface area (TPSA) is 326 Å². The van der Waals surface area contributed by atoms with Gasteiger partial charge in [0.1, 0.15) is 73.2 Å². The van der Waals surface area contributed by atoms with Gasteiger partial charge in [-0.3, -0.25) is 13.8 Å². The van der Waals surface area contributed by atoms with E-state index in [2.05, 4.69) is 19.2 Å². The number of rotatable bonds is 48. The van der Waals surface area contributed by atoms with Gasteiger partial charge in [-0.2, -0.15) is 0 Å². The summed E-state index contributed by atoms with van der Waals surface area (Å²) < 4.78 is 34.8. The van der Waals surface area contributed by atoms with E-state index in [1.807, 2.05) is 0 Å². The van der Waals surface area contributed by atoms with Crippen LogP contribution in [0.1, 0.15) is 245 Å². The predicted molar refractivity (Wildman–Crippen MR) is 291 cm³/mol. The molecule has 1 aliphatic carbocycles. The van der Waals surface area contributed by atoms with E-state index in [0.717, 1.165) is 57.8 Å². The molecule has 13 N–H and O–H groups in total. The molecule has 0 aromatic rings. The normalized spacial score (nSPS) is 27.5. The molecular weight excluding hydrogens is 1010 g/mol. The van der Waals surface area contributed by atoms with Gasteiger partial charge in [-0.15, -0.1) is 0 Å². The Morgan fingerprint density at radius 2 is 0.855 bits per heavy atom. The number of phosphoric acid groups is 1. The van der Waals surface area contributed by atoms with E-state index in [1.165, 1.54) is 148 Å². The van der Waals surface area contributed by atoms with Crippen molar-refractivity contribution in [1.29, 1.82) is 0 Å². The van der Waals surface area contributed by atoms with E-state index in [0.29, 0.717) is 12.8 Å². The van der Waals surface area contributed by atoms with Crippen LogP contribution in [0.25, 0.3) is 0 Å². The fraction of sp³-hybridized carbons (Fsp3) is 0.982. The lowest BCUT2D eigenvalue weighted by Gasteiger charge is -2.47. The molecule has 76 heavy (non-hydrogen) atoms. The first-order valence-corrected chi connectivity index (χ1v) is 31.7. The number of aliphatic hydroxyl groups is 11. The second-order valence-corrected chi connectivity index (χ2v) is 23.6. The number of nitrogens with one attached hydrogen (secondary N) is 1. The fourth-order valence-electron chi connectivity index (χ4n) is 10.4. The Balaban J connectivity index is 1.93. The number of amides is 1. The molecular formula is C56H110NO18P. The molecule has 2 aliphatic rings. The third-order valence-corrected chi connectivity index (χ3v) is 16.5. The molecule has 0 bridgehead atoms. The van der Waals surface area contributed by atoms with Gasteiger partial charge in [0.2, 0.25) is 5.91 Å². The third kappa shape index (κ3) is 29.2. The van der Waals surface area contributed by atoms with Gasteiger partial charge in [-0.25, -0.2) is 4.57 Å². The van der Waals surface area contributed by atoms with E-state index in [1.54, 1.807) is 0 Å². The standard InChI is InChI=1S/C56H110NO18P/c1-3-5-7-9-11-13-15-17-19-20-21-22-23-24-26-28-30-32-34-36-38-43(60)55(69)57-41(45(61)42(59)37-35-33-31-29-27-25-18-16-14-12-10-8-6-4-2)40-72-76(70,71)75-54-51(67)49(65)48(64)50(66)53(54)74-56-52(68)47(63)46(62)44(39-58)73-56/h41-54,56,58-68H,3-40H2,1-2H3,(H,57,69)(H,70,71)/t41-,42+,43+,44+,45-,46+,47-,48-,49-,50+,51+,52-,53+,54-,56+/m0/s1. The summed E-state index contributed by atoms with van der Waals surface area (Å²) in [5.74, 6) is -0.918. The van der Waals surface area contributed by atoms with Crippen LogP contribution in [0.15, 0.2) is 0 Å². The van der Waals surface area contributed by atoms with Crippen molar-refractivity contribution in [2.45, 2.75) is 337 Å². The molecule has 1 saturated heterocycles. The van der Waals surface area contributed by atoms with Crippen molar-refractivity contribution in [2.75, 3.05) is 13.2 Å². The first-order chi connectivity index (χ1) is 36.5. The zero-order valence-electron chi connectivity index (χ0n) is 46.8. The van der Waals surface area contributed by atoms with Crippen molar-refractivity contribution in [3.05, 3.63) is 0 Å². The summed E-state index contributed by atoms with van der Waals surface area (Å²) in [4.78, 5) is 24.3. The average Bonchev–Trinajstić information content (AvgIpc) is 3.40. The van der Waals surface area contributed by atoms with Gasteiger partial charge in [-0.1, -0.05) is 232 Å². The first kappa shape index (κ1) is 71.2. The van der Waals surface area contributed by atoms with Crippen LogP contribution >= 0.6 is 7.82 Å². The smallest absolute Gasteiger partial charge is 0.394 e. The number of hydrogen-bond donors (Lipinski definition) is 13. The Bertz CT molecular complexity index is 1460. The molecule has 0 spiro atoms. The molecule has 1 saturated carbocycles. The number of carbonyl (C=O) groups is 1. The maximum Gasteiger partial charge on any atom is 0.472 e. The van der Waals surface area contributed by atoms with E-state index in [4.69, 9.17) is 18.5 Å². The number of unbranched alkanes of at least 4 members (excludes halogenated alkanes) is 32. The van der Waals surface area contributed by atoms with E-state index in [-0.39, 0.29) is 12.8 Å². The molecule has 1 heterocycles. The molecule has 0 radical (unpaired) electrons. The average molecular weight is 1120 g/mol. The van der Waals surface area contributed by atoms with Crippen LogP contribution in [0.3, 0.4) is 0 Å². The fourth-order valence-corrected chi connectivity index (χ4v) is 11.3. The second-order valence-electron chi connectivity index (χ2n) is 22.2. The maximum atomic E-state index is 13.6. The molecule has 0 aromatic carbocycles. The highest BCUT2D eigenvalue weighted by Crippen LogP contribution is 2.48. The number of aliphatic hydroxyl groups excluding tert-OH is 11. The monoisotopic (exact) mass is 1120 g/mol. The molecule has 1 unspecified atom stereocenters. The van der Waals surface area contributed by atoms with Crippen molar-refractivity contribution < 1.29 is 88.9 Å². The Morgan fingerprint density at radius 1 is 0.500 bits per heavy atom. The third-order valence-electron chi connectivity index (χ3n) is 15.5. The zero-order valence-corrected chi connectivity index (χ0v) is 47.7. The van der Waals surface area contributed by atoms with Gasteiger partial charge in [0, 0.05) is 0 Å². The number of hydrogen-bond acceptors (Lipinski definition) is 17. The summed E-state index contributed by atoms with van der Waals surface area (Å²) in [7, 11) is -5.49. The van der Waals surface area contributed by atoms with Gasteiger partial charge >= 0.3 is 7.82 Å². The maximum absolute atomic E-state index is 13.6. The molecule has 0 aromatic heterocycles. The van der Waals surface area contributed by atoms with E-state index in [9.17, 15) is 70.4 Å². The lowest BCUT2D eigenvalue weighted by atomic mass is 9.84. The lowest BCUT2D eigenvalue weighted by molar-refractivity contribution is -0.338. The number of phosphoric ester groups is 1. The predicted octanol–water partition coefficient (Wildman–Crippen LogP) is 6.78. The molecule has 20 heteroatoms. The highest BCUT2D eigenvalue weighted by molar-refractivity contribution is 7.47. The highest BCUT2D eigenvalue weighted by atomic mass is 31.2. The summed E-state index contributed by atoms with van der Waals surface area (Å²) in [6.45, 7) is 2.61. The Labute approximate surface area is 456 Å². The van der Waals surface area contributed by atoms with Crippen molar-refractivity contribution in [3.8, 4) is 0 Å². The van der Waals surface area contributed by atoms with Crippen LogP contribution < -0.4 is 5.32 Å². The van der Waals surface area contributed by atoms with Gasteiger partial charge in [0.05, 0.1) is 25.4 Å². The van der Waals surface area contributed by atoms with Crippen LogP contribution in [-0.4, -0.2) is 172 Å². The summed E-state index contributed by atoms with van der Waals surface area (Å²) in [6.07, 6.45) is 13.0. The Kier molecular flexibility index (Phi) is 40.1. The van der Waals surface area contributed by atoms with Crippen molar-refractivity contribution in [2.24, 2.45) is 0 Å². The van der Waals surface area contributed by atoms with Crippen LogP contribution in [0.4, 0.5) is 0 Å². The molecule has 1 aliphatic heterocycles. The van der Waals surface area contributed by atoms with Gasteiger partial charge in [0.15, 0.2) is 6.29 Å². The van der Waals surface area contributed by atoms with Crippen LogP contribution in [-0.2, 0) is 27.9 Å². The minimum absolute atomic E-state index is 0.101. The minimum atomic E-state index is -5.49. The molecule has 452 valence electrons. The summed E-state index contributed by atoms with van der Waals surface area (Å²) in [5, 5.41) is 119. The Hall–Kier alpha value is -0.940. The summed E-state index contributed by atoms with van der Waals surface area (Å²) in [6, 6.07) is -1.58. The van der Waals surface area contributed by atoms with Crippen molar-refractivity contribution in [1.82, 2.24) is 5.32 Å². The van der Waals surface area contributed by atoms with Crippen LogP contribution in [0, 0.1) is 0 Å². The van der Waals surface area contributed by atoms with Gasteiger partial charge in [-0.05, 0) is 12.8 Å². The highest BCUT2D eigenvalue weighted by Gasteiger charge is 2.55. The van der Waals surface area contributed by atoms with Gasteiger partial charge < -0.3 is 75.9 Å². The zero-order chi connectivity index (χ0) is 56.1. The van der Waals surface area contributed by atoms with Crippen LogP contribution in [0.5, 0.6) is 0 Å². The number of carbonyl (C=O) groups excluding carboxylic acids is 1. The van der Waals surface area contributed by atoms with Gasteiger partial charge in [0.25, 0.3) is 0 Å². The summed E-state index contributed by atoms with van der Waals surface area (Å²) >= 11 is 0. The van der Waals surface area contributed by atoms with E-state index < -0.39 is 119 Å². The first-order valence-electron chi connectivity index (χ1n) is 30.2. The largest absolute Gasteiger partial charge is 0.472 e. The molecule has 1 amide bonds. The molecule has 2 fully saturated rings. The lowest BCUT2D eigenvalue weighted by Crippen LogP contribution is -2.67. The molecule has 19 nitrogen and oxygen atoms in total. The van der Waals surface area contributed by atoms with Crippen molar-refractivity contribution in [3.63, 3.8) is 0 Å². The van der Waals surface area contributed by atoms with Crippen molar-refractivity contribution >= 4 is 13.7 Å². The Morgan fingerprint density at radius 3 is 1.25 bits per heavy atom. The van der Waals surface area contributed by atoms with Crippen LogP contribution in [0.2, 0.25) is 0 Å².